The Morgan fingerprint density at radius 1 is 1.56 bits per heavy atom. The molecule has 0 aromatic heterocycles. The van der Waals surface area contributed by atoms with Gasteiger partial charge in [-0.1, -0.05) is 6.92 Å². The maximum Gasteiger partial charge on any atom is 0.228 e. The van der Waals surface area contributed by atoms with E-state index in [9.17, 15) is 9.18 Å². The zero-order chi connectivity index (χ0) is 12.1. The van der Waals surface area contributed by atoms with Gasteiger partial charge in [-0.15, -0.1) is 0 Å². The molecule has 1 unspecified atom stereocenters. The first kappa shape index (κ1) is 13.1. The molecule has 0 spiro atoms. The minimum atomic E-state index is -0.340. The van der Waals surface area contributed by atoms with Crippen LogP contribution in [0.1, 0.15) is 6.92 Å². The molecule has 16 heavy (non-hydrogen) atoms. The highest BCUT2D eigenvalue weighted by molar-refractivity contribution is 9.10. The molecule has 1 aromatic carbocycles. The van der Waals surface area contributed by atoms with Crippen molar-refractivity contribution < 1.29 is 9.18 Å². The number of carbonyl (C=O) groups is 1. The molecule has 2 N–H and O–H groups in total. The largest absolute Gasteiger partial charge is 0.325 e. The van der Waals surface area contributed by atoms with Crippen molar-refractivity contribution in [1.29, 1.82) is 0 Å². The van der Waals surface area contributed by atoms with Crippen molar-refractivity contribution in [1.82, 2.24) is 5.32 Å². The summed E-state index contributed by atoms with van der Waals surface area (Å²) in [5, 5.41) is 5.65. The molecule has 5 heteroatoms. The predicted octanol–water partition coefficient (Wildman–Crippen LogP) is 2.38. The van der Waals surface area contributed by atoms with Crippen LogP contribution in [0.3, 0.4) is 0 Å². The molecule has 0 saturated carbocycles. The summed E-state index contributed by atoms with van der Waals surface area (Å²) in [5.74, 6) is -0.572. The third-order valence-electron chi connectivity index (χ3n) is 2.15. The molecule has 0 saturated heterocycles. The van der Waals surface area contributed by atoms with Crippen molar-refractivity contribution >= 4 is 27.5 Å². The van der Waals surface area contributed by atoms with E-state index in [0.29, 0.717) is 16.7 Å². The lowest BCUT2D eigenvalue weighted by atomic mass is 10.1. The first-order valence-corrected chi connectivity index (χ1v) is 5.74. The van der Waals surface area contributed by atoms with Gasteiger partial charge in [0.15, 0.2) is 0 Å². The Balaban J connectivity index is 2.69. The Morgan fingerprint density at radius 3 is 2.81 bits per heavy atom. The fourth-order valence-corrected chi connectivity index (χ4v) is 1.70. The average molecular weight is 289 g/mol. The smallest absolute Gasteiger partial charge is 0.228 e. The summed E-state index contributed by atoms with van der Waals surface area (Å²) in [6.45, 7) is 2.42. The third-order valence-corrected chi connectivity index (χ3v) is 2.80. The van der Waals surface area contributed by atoms with E-state index in [4.69, 9.17) is 0 Å². The number of amides is 1. The zero-order valence-corrected chi connectivity index (χ0v) is 10.8. The lowest BCUT2D eigenvalue weighted by Crippen LogP contribution is -2.28. The molecule has 0 radical (unpaired) electrons. The van der Waals surface area contributed by atoms with Gasteiger partial charge in [-0.05, 0) is 41.2 Å². The van der Waals surface area contributed by atoms with Crippen LogP contribution in [0.5, 0.6) is 0 Å². The van der Waals surface area contributed by atoms with Crippen molar-refractivity contribution in [3.05, 3.63) is 28.5 Å². The molecule has 1 aromatic rings. The van der Waals surface area contributed by atoms with E-state index >= 15 is 0 Å². The standard InChI is InChI=1S/C11H14BrFN2O/c1-7(6-14-2)11(16)15-10-4-3-8(13)5-9(10)12/h3-5,7,14H,6H2,1-2H3,(H,15,16). The molecule has 0 heterocycles. The Kier molecular flexibility index (Phi) is 4.89. The van der Waals surface area contributed by atoms with Gasteiger partial charge in [-0.2, -0.15) is 0 Å². The number of benzene rings is 1. The molecular formula is C11H14BrFN2O. The minimum absolute atomic E-state index is 0.0957. The number of anilines is 1. The summed E-state index contributed by atoms with van der Waals surface area (Å²) in [7, 11) is 1.79. The van der Waals surface area contributed by atoms with Gasteiger partial charge in [0.25, 0.3) is 0 Å². The number of nitrogens with one attached hydrogen (secondary N) is 2. The molecular weight excluding hydrogens is 275 g/mol. The summed E-state index contributed by atoms with van der Waals surface area (Å²) in [5.41, 5.74) is 0.578. The van der Waals surface area contributed by atoms with Gasteiger partial charge in [0, 0.05) is 16.9 Å². The van der Waals surface area contributed by atoms with Gasteiger partial charge >= 0.3 is 0 Å². The monoisotopic (exact) mass is 288 g/mol. The van der Waals surface area contributed by atoms with Gasteiger partial charge in [-0.25, -0.2) is 4.39 Å². The Morgan fingerprint density at radius 2 is 2.25 bits per heavy atom. The van der Waals surface area contributed by atoms with Crippen LogP contribution in [0, 0.1) is 11.7 Å². The predicted molar refractivity (Wildman–Crippen MR) is 65.8 cm³/mol. The van der Waals surface area contributed by atoms with E-state index in [1.54, 1.807) is 7.05 Å². The Bertz CT molecular complexity index is 384. The summed E-state index contributed by atoms with van der Waals surface area (Å²) in [6, 6.07) is 4.16. The highest BCUT2D eigenvalue weighted by Gasteiger charge is 2.13. The van der Waals surface area contributed by atoms with Gasteiger partial charge in [0.1, 0.15) is 5.82 Å². The van der Waals surface area contributed by atoms with Crippen molar-refractivity contribution in [3.63, 3.8) is 0 Å². The fraction of sp³-hybridized carbons (Fsp3) is 0.364. The maximum atomic E-state index is 12.8. The van der Waals surface area contributed by atoms with Crippen LogP contribution >= 0.6 is 15.9 Å². The van der Waals surface area contributed by atoms with Gasteiger partial charge in [0.2, 0.25) is 5.91 Å². The second-order valence-electron chi connectivity index (χ2n) is 3.57. The normalized spacial score (nSPS) is 12.2. The van der Waals surface area contributed by atoms with Gasteiger partial charge < -0.3 is 10.6 Å². The second-order valence-corrected chi connectivity index (χ2v) is 4.43. The summed E-state index contributed by atoms with van der Waals surface area (Å²) < 4.78 is 13.4. The molecule has 1 rings (SSSR count). The van der Waals surface area contributed by atoms with Gasteiger partial charge in [0.05, 0.1) is 5.69 Å². The Hall–Kier alpha value is -0.940. The van der Waals surface area contributed by atoms with E-state index in [-0.39, 0.29) is 17.6 Å². The van der Waals surface area contributed by atoms with Crippen molar-refractivity contribution in [2.24, 2.45) is 5.92 Å². The molecule has 0 fully saturated rings. The topological polar surface area (TPSA) is 41.1 Å². The van der Waals surface area contributed by atoms with Gasteiger partial charge in [-0.3, -0.25) is 4.79 Å². The first-order valence-electron chi connectivity index (χ1n) is 4.95. The summed E-state index contributed by atoms with van der Waals surface area (Å²) >= 11 is 3.19. The Labute approximate surface area is 103 Å². The minimum Gasteiger partial charge on any atom is -0.325 e. The summed E-state index contributed by atoms with van der Waals surface area (Å²) in [4.78, 5) is 11.7. The molecule has 3 nitrogen and oxygen atoms in total. The van der Waals surface area contributed by atoms with E-state index < -0.39 is 0 Å². The second kappa shape index (κ2) is 5.96. The van der Waals surface area contributed by atoms with Crippen LogP contribution in [0.4, 0.5) is 10.1 Å². The van der Waals surface area contributed by atoms with Crippen molar-refractivity contribution in [3.8, 4) is 0 Å². The number of hydrogen-bond acceptors (Lipinski definition) is 2. The van der Waals surface area contributed by atoms with E-state index in [2.05, 4.69) is 26.6 Å². The number of hydrogen-bond donors (Lipinski definition) is 2. The number of halogens is 2. The highest BCUT2D eigenvalue weighted by atomic mass is 79.9. The van der Waals surface area contributed by atoms with Crippen LogP contribution in [-0.4, -0.2) is 19.5 Å². The molecule has 1 atom stereocenters. The average Bonchev–Trinajstić information content (AvgIpc) is 2.22. The molecule has 0 bridgehead atoms. The zero-order valence-electron chi connectivity index (χ0n) is 9.18. The highest BCUT2D eigenvalue weighted by Crippen LogP contribution is 2.23. The molecule has 0 aliphatic rings. The molecule has 0 aliphatic heterocycles. The lowest BCUT2D eigenvalue weighted by molar-refractivity contribution is -0.119. The summed E-state index contributed by atoms with van der Waals surface area (Å²) in [6.07, 6.45) is 0. The van der Waals surface area contributed by atoms with E-state index in [0.717, 1.165) is 0 Å². The maximum absolute atomic E-state index is 12.8. The SMILES string of the molecule is CNCC(C)C(=O)Nc1ccc(F)cc1Br. The van der Waals surface area contributed by atoms with Crippen molar-refractivity contribution in [2.75, 3.05) is 18.9 Å². The van der Waals surface area contributed by atoms with E-state index in [1.807, 2.05) is 6.92 Å². The first-order chi connectivity index (χ1) is 7.54. The molecule has 88 valence electrons. The molecule has 0 aliphatic carbocycles. The van der Waals surface area contributed by atoms with Crippen LogP contribution in [0.2, 0.25) is 0 Å². The number of carbonyl (C=O) groups excluding carboxylic acids is 1. The third kappa shape index (κ3) is 3.57. The van der Waals surface area contributed by atoms with Crippen molar-refractivity contribution in [2.45, 2.75) is 6.92 Å². The fourth-order valence-electron chi connectivity index (χ4n) is 1.25. The lowest BCUT2D eigenvalue weighted by Gasteiger charge is -2.12. The van der Waals surface area contributed by atoms with Crippen LogP contribution < -0.4 is 10.6 Å². The van der Waals surface area contributed by atoms with Crippen LogP contribution in [0.15, 0.2) is 22.7 Å². The quantitative estimate of drug-likeness (QED) is 0.893. The molecule has 1 amide bonds. The van der Waals surface area contributed by atoms with E-state index in [1.165, 1.54) is 18.2 Å². The van der Waals surface area contributed by atoms with Crippen LogP contribution in [0.25, 0.3) is 0 Å². The number of rotatable bonds is 4. The van der Waals surface area contributed by atoms with Crippen LogP contribution in [-0.2, 0) is 4.79 Å².